The first kappa shape index (κ1) is 33.9. The van der Waals surface area contributed by atoms with Crippen LogP contribution in [0.1, 0.15) is 58.4 Å². The van der Waals surface area contributed by atoms with Crippen molar-refractivity contribution in [1.29, 1.82) is 0 Å². The number of nitrogens with zero attached hydrogens (tertiary/aromatic N) is 4. The molecule has 0 unspecified atom stereocenters. The minimum absolute atomic E-state index is 0.0119. The van der Waals surface area contributed by atoms with Crippen LogP contribution < -0.4 is 20.9 Å². The summed E-state index contributed by atoms with van der Waals surface area (Å²) in [6, 6.07) is 12.9. The molecule has 2 heterocycles. The number of likely N-dealkylation sites (tertiary alicyclic amines) is 2. The number of amides is 6. The first-order valence-electron chi connectivity index (χ1n) is 15.5. The molecule has 46 heavy (non-hydrogen) atoms. The van der Waals surface area contributed by atoms with Crippen LogP contribution in [0.4, 0.5) is 5.69 Å². The smallest absolute Gasteiger partial charge is 0.342 e. The lowest BCUT2D eigenvalue weighted by molar-refractivity contribution is -0.147. The summed E-state index contributed by atoms with van der Waals surface area (Å²) in [5.74, 6) is -3.32. The van der Waals surface area contributed by atoms with Crippen LogP contribution in [-0.4, -0.2) is 76.0 Å². The summed E-state index contributed by atoms with van der Waals surface area (Å²) in [5.41, 5.74) is 0.981. The van der Waals surface area contributed by atoms with Crippen LogP contribution in [0.15, 0.2) is 60.7 Å². The number of nitroso groups, excluding NO2 is 1. The minimum atomic E-state index is -1.17. The number of carbonyl (C=O) groups excluding carboxylic acids is 6. The van der Waals surface area contributed by atoms with E-state index >= 15 is 0 Å². The van der Waals surface area contributed by atoms with Gasteiger partial charge < -0.3 is 15.5 Å². The molecular formula is C33H40N6O7+. The van der Waals surface area contributed by atoms with Crippen molar-refractivity contribution in [2.24, 2.45) is 5.92 Å². The van der Waals surface area contributed by atoms with Crippen LogP contribution in [0, 0.1) is 10.8 Å². The van der Waals surface area contributed by atoms with E-state index in [1.807, 2.05) is 19.9 Å². The van der Waals surface area contributed by atoms with Crippen LogP contribution >= 0.6 is 0 Å². The predicted octanol–water partition coefficient (Wildman–Crippen LogP) is 1.82. The van der Waals surface area contributed by atoms with Gasteiger partial charge in [-0.3, -0.25) is 33.7 Å². The summed E-state index contributed by atoms with van der Waals surface area (Å²) in [6.07, 6.45) is 1.25. The molecule has 4 rings (SSSR count). The van der Waals surface area contributed by atoms with Gasteiger partial charge in [0.25, 0.3) is 0 Å². The Labute approximate surface area is 267 Å². The number of carbonyl (C=O) groups is 6. The Balaban J connectivity index is 1.52. The number of hydrogen-bond acceptors (Lipinski definition) is 8. The summed E-state index contributed by atoms with van der Waals surface area (Å²) < 4.78 is 0. The molecule has 2 aromatic carbocycles. The summed E-state index contributed by atoms with van der Waals surface area (Å²) in [6.45, 7) is 5.47. The molecule has 4 atom stereocenters. The zero-order chi connectivity index (χ0) is 33.4. The number of benzene rings is 2. The zero-order valence-electron chi connectivity index (χ0n) is 26.3. The Morgan fingerprint density at radius 3 is 2.09 bits per heavy atom. The van der Waals surface area contributed by atoms with Gasteiger partial charge in [-0.2, -0.15) is 0 Å². The largest absolute Gasteiger partial charge is 0.494 e. The second kappa shape index (κ2) is 15.4. The van der Waals surface area contributed by atoms with Crippen LogP contribution in [0.5, 0.6) is 0 Å². The van der Waals surface area contributed by atoms with Crippen molar-refractivity contribution in [3.63, 3.8) is 0 Å². The van der Waals surface area contributed by atoms with Gasteiger partial charge in [0.05, 0.1) is 0 Å². The molecule has 0 saturated carbocycles. The molecule has 13 heteroatoms. The molecule has 2 aliphatic rings. The number of hydrogen-bond donors (Lipinski definition) is 2. The van der Waals surface area contributed by atoms with E-state index in [0.717, 1.165) is 10.5 Å². The number of nitrogens with one attached hydrogen (secondary N) is 2. The van der Waals surface area contributed by atoms with E-state index < -0.39 is 59.6 Å². The lowest BCUT2D eigenvalue weighted by Gasteiger charge is -2.31. The van der Waals surface area contributed by atoms with Gasteiger partial charge in [0, 0.05) is 30.8 Å². The number of anilines is 1. The summed E-state index contributed by atoms with van der Waals surface area (Å²) >= 11 is 0. The van der Waals surface area contributed by atoms with Gasteiger partial charge in [0.1, 0.15) is 34.8 Å². The maximum atomic E-state index is 13.9. The second-order valence-electron chi connectivity index (χ2n) is 12.0. The normalized spacial score (nSPS) is 18.2. The fraction of sp³-hybridized carbons (Fsp3) is 0.455. The van der Waals surface area contributed by atoms with Crippen molar-refractivity contribution in [1.82, 2.24) is 25.7 Å². The highest BCUT2D eigenvalue weighted by atomic mass is 16.3. The highest BCUT2D eigenvalue weighted by Gasteiger charge is 2.42. The maximum absolute atomic E-state index is 13.9. The van der Waals surface area contributed by atoms with Crippen molar-refractivity contribution in [3.05, 3.63) is 71.1 Å². The Bertz CT molecular complexity index is 1430. The van der Waals surface area contributed by atoms with Gasteiger partial charge >= 0.3 is 11.2 Å². The van der Waals surface area contributed by atoms with Gasteiger partial charge in [0.2, 0.25) is 29.5 Å². The molecule has 0 aliphatic carbocycles. The van der Waals surface area contributed by atoms with E-state index in [-0.39, 0.29) is 43.8 Å². The lowest BCUT2D eigenvalue weighted by Crippen LogP contribution is -2.58. The first-order valence-corrected chi connectivity index (χ1v) is 15.5. The average molecular weight is 633 g/mol. The molecular weight excluding hydrogens is 592 g/mol. The number of para-hydroxylation sites is 1. The SMILES string of the molecule is CC(C)C[C@H](NC(=O)[C@H](C)N1C(=O)CCC1=O)C(=O)N1CCC[C@H]1C(=O)N[C@@H](Cc1ccccc1)C(=O)N([N+]=O)c1ccccc1. The van der Waals surface area contributed by atoms with E-state index in [1.54, 1.807) is 54.6 Å². The standard InChI is InChI=1S/C33H40N6O7/c1-21(2)19-25(34-30(42)22(3)38-28(40)16-17-29(38)41)32(44)37-18-10-15-27(37)31(43)35-26(20-23-11-6-4-7-12-23)33(45)39(36-46)24-13-8-5-9-14-24/h4-9,11-14,21-22,25-27H,10,15-20H2,1-3H3,(H,34,42)(H,35,43)/q+1/t22-,25-,26-,27-/m0/s1. The molecule has 2 saturated heterocycles. The molecule has 243 valence electrons. The van der Waals surface area contributed by atoms with Crippen LogP contribution in [-0.2, 0) is 35.2 Å². The quantitative estimate of drug-likeness (QED) is 0.251. The van der Waals surface area contributed by atoms with E-state index in [1.165, 1.54) is 11.8 Å². The van der Waals surface area contributed by atoms with Crippen molar-refractivity contribution in [2.45, 2.75) is 83.5 Å². The Kier molecular flexibility index (Phi) is 11.3. The summed E-state index contributed by atoms with van der Waals surface area (Å²) in [7, 11) is 0. The Morgan fingerprint density at radius 2 is 1.50 bits per heavy atom. The van der Waals surface area contributed by atoms with Gasteiger partial charge in [-0.25, -0.2) is 0 Å². The van der Waals surface area contributed by atoms with Gasteiger partial charge in [0.15, 0.2) is 0 Å². The van der Waals surface area contributed by atoms with Crippen molar-refractivity contribution >= 4 is 41.1 Å². The molecule has 0 aromatic heterocycles. The van der Waals surface area contributed by atoms with Crippen molar-refractivity contribution < 1.29 is 28.8 Å². The summed E-state index contributed by atoms with van der Waals surface area (Å²) in [5, 5.41) is 9.13. The number of rotatable bonds is 13. The van der Waals surface area contributed by atoms with E-state index in [9.17, 15) is 33.7 Å². The highest BCUT2D eigenvalue weighted by molar-refractivity contribution is 6.06. The molecule has 13 nitrogen and oxygen atoms in total. The van der Waals surface area contributed by atoms with E-state index in [0.29, 0.717) is 17.9 Å². The Hall–Kier alpha value is -4.94. The van der Waals surface area contributed by atoms with Gasteiger partial charge in [-0.1, -0.05) is 62.4 Å². The molecule has 2 aliphatic heterocycles. The van der Waals surface area contributed by atoms with Gasteiger partial charge in [-0.15, -0.1) is 0 Å². The molecule has 2 fully saturated rings. The lowest BCUT2D eigenvalue weighted by atomic mass is 10.0. The zero-order valence-corrected chi connectivity index (χ0v) is 26.3. The van der Waals surface area contributed by atoms with E-state index in [2.05, 4.69) is 15.9 Å². The molecule has 2 aromatic rings. The van der Waals surface area contributed by atoms with Crippen LogP contribution in [0.2, 0.25) is 0 Å². The van der Waals surface area contributed by atoms with Crippen molar-refractivity contribution in [3.8, 4) is 0 Å². The highest BCUT2D eigenvalue weighted by Crippen LogP contribution is 2.22. The third-order valence-corrected chi connectivity index (χ3v) is 8.21. The number of imide groups is 1. The van der Waals surface area contributed by atoms with Crippen LogP contribution in [0.25, 0.3) is 0 Å². The molecule has 0 spiro atoms. The maximum Gasteiger partial charge on any atom is 0.494 e. The average Bonchev–Trinajstić information content (AvgIpc) is 3.67. The molecule has 1 radical (unpaired) electrons. The Morgan fingerprint density at radius 1 is 0.891 bits per heavy atom. The second-order valence-corrected chi connectivity index (χ2v) is 12.0. The molecule has 2 N–H and O–H groups in total. The first-order chi connectivity index (χ1) is 22.0. The third-order valence-electron chi connectivity index (χ3n) is 8.21. The summed E-state index contributed by atoms with van der Waals surface area (Å²) in [4.78, 5) is 93.1. The van der Waals surface area contributed by atoms with Crippen LogP contribution in [0.3, 0.4) is 0 Å². The predicted molar refractivity (Wildman–Crippen MR) is 168 cm³/mol. The fourth-order valence-corrected chi connectivity index (χ4v) is 5.88. The third kappa shape index (κ3) is 8.01. The topological polar surface area (TPSA) is 167 Å². The van der Waals surface area contributed by atoms with Gasteiger partial charge in [-0.05, 0) is 49.8 Å². The minimum Gasteiger partial charge on any atom is -0.342 e. The van der Waals surface area contributed by atoms with Crippen molar-refractivity contribution in [2.75, 3.05) is 11.6 Å². The van der Waals surface area contributed by atoms with E-state index in [4.69, 9.17) is 0 Å². The molecule has 6 amide bonds. The fourth-order valence-electron chi connectivity index (χ4n) is 5.88. The molecule has 0 bridgehead atoms. The monoisotopic (exact) mass is 632 g/mol.